The van der Waals surface area contributed by atoms with Gasteiger partial charge >= 0.3 is 7.12 Å². The average molecular weight is 347 g/mol. The van der Waals surface area contributed by atoms with Crippen LogP contribution in [0.4, 0.5) is 0 Å². The van der Waals surface area contributed by atoms with E-state index in [0.29, 0.717) is 6.54 Å². The number of hydrogen-bond acceptors (Lipinski definition) is 5. The van der Waals surface area contributed by atoms with Crippen molar-refractivity contribution in [2.24, 2.45) is 0 Å². The molecule has 0 aliphatic carbocycles. The Hall–Kier alpha value is -1.08. The number of ether oxygens (including phenoxy) is 1. The van der Waals surface area contributed by atoms with Crippen molar-refractivity contribution >= 4 is 12.6 Å². The Morgan fingerprint density at radius 3 is 2.44 bits per heavy atom. The van der Waals surface area contributed by atoms with Crippen LogP contribution in [0.1, 0.15) is 45.7 Å². The number of methoxy groups -OCH3 is 1. The van der Waals surface area contributed by atoms with Crippen LogP contribution in [0.2, 0.25) is 0 Å². The van der Waals surface area contributed by atoms with Gasteiger partial charge in [0.05, 0.1) is 24.4 Å². The SMILES string of the molecule is COc1cc(B2OC(C)(C)C(C)(C)O2)cc2c1CN(C[C@@H](C)O)CC2. The number of aliphatic hydroxyl groups is 1. The molecule has 0 bridgehead atoms. The van der Waals surface area contributed by atoms with Crippen molar-refractivity contribution in [1.82, 2.24) is 4.90 Å². The Morgan fingerprint density at radius 2 is 1.88 bits per heavy atom. The van der Waals surface area contributed by atoms with E-state index < -0.39 is 0 Å². The Labute approximate surface area is 151 Å². The highest BCUT2D eigenvalue weighted by molar-refractivity contribution is 6.62. The number of β-amino-alcohol motifs (C(OH)–C–C–N with tert-alkyl or cyclic N) is 1. The maximum atomic E-state index is 9.66. The van der Waals surface area contributed by atoms with Crippen molar-refractivity contribution in [1.29, 1.82) is 0 Å². The molecule has 25 heavy (non-hydrogen) atoms. The second-order valence-corrected chi connectivity index (χ2v) is 8.28. The molecule has 1 atom stereocenters. The summed E-state index contributed by atoms with van der Waals surface area (Å²) < 4.78 is 18.1. The molecule has 1 saturated heterocycles. The van der Waals surface area contributed by atoms with Gasteiger partial charge in [0.25, 0.3) is 0 Å². The summed E-state index contributed by atoms with van der Waals surface area (Å²) in [7, 11) is 1.33. The van der Waals surface area contributed by atoms with Crippen molar-refractivity contribution in [3.8, 4) is 5.75 Å². The number of benzene rings is 1. The molecule has 5 nitrogen and oxygen atoms in total. The summed E-state index contributed by atoms with van der Waals surface area (Å²) in [5.41, 5.74) is 2.79. The molecule has 1 fully saturated rings. The zero-order valence-corrected chi connectivity index (χ0v) is 16.3. The fraction of sp³-hybridized carbons (Fsp3) is 0.684. The maximum absolute atomic E-state index is 9.66. The minimum Gasteiger partial charge on any atom is -0.496 e. The van der Waals surface area contributed by atoms with Crippen molar-refractivity contribution in [3.05, 3.63) is 23.3 Å². The van der Waals surface area contributed by atoms with E-state index >= 15 is 0 Å². The van der Waals surface area contributed by atoms with Crippen molar-refractivity contribution in [2.45, 2.75) is 64.9 Å². The van der Waals surface area contributed by atoms with Gasteiger partial charge in [0.15, 0.2) is 0 Å². The fourth-order valence-corrected chi connectivity index (χ4v) is 3.54. The van der Waals surface area contributed by atoms with Gasteiger partial charge in [-0.25, -0.2) is 0 Å². The number of fused-ring (bicyclic) bond motifs is 1. The quantitative estimate of drug-likeness (QED) is 0.841. The summed E-state index contributed by atoms with van der Waals surface area (Å²) >= 11 is 0. The lowest BCUT2D eigenvalue weighted by molar-refractivity contribution is 0.00578. The highest BCUT2D eigenvalue weighted by atomic mass is 16.7. The van der Waals surface area contributed by atoms with Gasteiger partial charge in [-0.05, 0) is 58.1 Å². The van der Waals surface area contributed by atoms with Crippen LogP contribution < -0.4 is 10.2 Å². The monoisotopic (exact) mass is 347 g/mol. The van der Waals surface area contributed by atoms with Gasteiger partial charge in [0.1, 0.15) is 5.75 Å². The smallest absolute Gasteiger partial charge is 0.494 e. The predicted molar refractivity (Wildman–Crippen MR) is 99.4 cm³/mol. The largest absolute Gasteiger partial charge is 0.496 e. The third kappa shape index (κ3) is 3.58. The van der Waals surface area contributed by atoms with Crippen LogP contribution in [0.25, 0.3) is 0 Å². The van der Waals surface area contributed by atoms with Crippen molar-refractivity contribution < 1.29 is 19.2 Å². The van der Waals surface area contributed by atoms with Crippen LogP contribution in [0.3, 0.4) is 0 Å². The minimum absolute atomic E-state index is 0.323. The summed E-state index contributed by atoms with van der Waals surface area (Å²) in [5, 5.41) is 9.66. The standard InChI is InChI=1S/C19H30BNO4/c1-13(22)11-21-8-7-14-9-15(10-17(23-6)16(14)12-21)20-24-18(2,3)19(4,5)25-20/h9-10,13,22H,7-8,11-12H2,1-6H3/t13-/m1/s1. The molecule has 0 amide bonds. The van der Waals surface area contributed by atoms with Gasteiger partial charge in [0, 0.05) is 25.2 Å². The van der Waals surface area contributed by atoms with Crippen LogP contribution in [0.5, 0.6) is 5.75 Å². The topological polar surface area (TPSA) is 51.2 Å². The number of nitrogens with zero attached hydrogens (tertiary/aromatic N) is 1. The van der Waals surface area contributed by atoms with E-state index in [1.165, 1.54) is 11.1 Å². The zero-order valence-electron chi connectivity index (χ0n) is 16.3. The van der Waals surface area contributed by atoms with Crippen molar-refractivity contribution in [3.63, 3.8) is 0 Å². The fourth-order valence-electron chi connectivity index (χ4n) is 3.54. The van der Waals surface area contributed by atoms with Gasteiger partial charge < -0.3 is 19.2 Å². The first-order valence-corrected chi connectivity index (χ1v) is 9.08. The molecule has 2 aliphatic rings. The Bertz CT molecular complexity index is 611. The number of rotatable bonds is 4. The van der Waals surface area contributed by atoms with Gasteiger partial charge in [-0.2, -0.15) is 0 Å². The van der Waals surface area contributed by atoms with E-state index in [1.54, 1.807) is 7.11 Å². The zero-order chi connectivity index (χ0) is 18.4. The van der Waals surface area contributed by atoms with E-state index in [1.807, 2.05) is 13.0 Å². The second-order valence-electron chi connectivity index (χ2n) is 8.28. The summed E-state index contributed by atoms with van der Waals surface area (Å²) in [5.74, 6) is 0.873. The number of aliphatic hydroxyl groups excluding tert-OH is 1. The molecule has 0 aromatic heterocycles. The van der Waals surface area contributed by atoms with E-state index in [-0.39, 0.29) is 24.4 Å². The minimum atomic E-state index is -0.375. The van der Waals surface area contributed by atoms with Crippen LogP contribution >= 0.6 is 0 Å². The molecule has 0 radical (unpaired) electrons. The van der Waals surface area contributed by atoms with Crippen LogP contribution in [0.15, 0.2) is 12.1 Å². The molecule has 6 heteroatoms. The Balaban J connectivity index is 1.88. The van der Waals surface area contributed by atoms with Crippen molar-refractivity contribution in [2.75, 3.05) is 20.2 Å². The first kappa shape index (κ1) is 18.7. The predicted octanol–water partition coefficient (Wildman–Crippen LogP) is 1.73. The van der Waals surface area contributed by atoms with Gasteiger partial charge in [0.2, 0.25) is 0 Å². The molecule has 0 saturated carbocycles. The summed E-state index contributed by atoms with van der Waals surface area (Å²) in [6.45, 7) is 12.5. The molecule has 0 spiro atoms. The normalized spacial score (nSPS) is 23.4. The first-order valence-electron chi connectivity index (χ1n) is 9.08. The lowest BCUT2D eigenvalue weighted by atomic mass is 9.76. The summed E-state index contributed by atoms with van der Waals surface area (Å²) in [6.07, 6.45) is 0.614. The van der Waals surface area contributed by atoms with Crippen LogP contribution in [0, 0.1) is 0 Å². The molecule has 1 aromatic carbocycles. The third-order valence-electron chi connectivity index (χ3n) is 5.67. The molecular weight excluding hydrogens is 317 g/mol. The first-order chi connectivity index (χ1) is 11.6. The van der Waals surface area contributed by atoms with Gasteiger partial charge in [-0.1, -0.05) is 6.07 Å². The molecule has 2 aliphatic heterocycles. The van der Waals surface area contributed by atoms with Crippen LogP contribution in [-0.4, -0.2) is 54.6 Å². The van der Waals surface area contributed by atoms with Gasteiger partial charge in [-0.15, -0.1) is 0 Å². The molecule has 1 aromatic rings. The van der Waals surface area contributed by atoms with E-state index in [9.17, 15) is 5.11 Å². The van der Waals surface area contributed by atoms with E-state index in [4.69, 9.17) is 14.0 Å². The lowest BCUT2D eigenvalue weighted by Gasteiger charge is -2.32. The highest BCUT2D eigenvalue weighted by Crippen LogP contribution is 2.37. The summed E-state index contributed by atoms with van der Waals surface area (Å²) in [4.78, 5) is 2.27. The highest BCUT2D eigenvalue weighted by Gasteiger charge is 2.52. The second kappa shape index (κ2) is 6.58. The van der Waals surface area contributed by atoms with Gasteiger partial charge in [-0.3, -0.25) is 4.90 Å². The summed E-state index contributed by atoms with van der Waals surface area (Å²) in [6, 6.07) is 4.23. The Kier molecular flexibility index (Phi) is 4.92. The average Bonchev–Trinajstić information content (AvgIpc) is 2.74. The third-order valence-corrected chi connectivity index (χ3v) is 5.67. The molecule has 3 rings (SSSR count). The Morgan fingerprint density at radius 1 is 1.24 bits per heavy atom. The lowest BCUT2D eigenvalue weighted by Crippen LogP contribution is -2.41. The maximum Gasteiger partial charge on any atom is 0.494 e. The van der Waals surface area contributed by atoms with E-state index in [2.05, 4.69) is 38.7 Å². The molecule has 1 N–H and O–H groups in total. The molecule has 2 heterocycles. The van der Waals surface area contributed by atoms with E-state index in [0.717, 1.165) is 30.7 Å². The molecule has 138 valence electrons. The number of hydrogen-bond donors (Lipinski definition) is 1. The van der Waals surface area contributed by atoms with Crippen LogP contribution in [-0.2, 0) is 22.3 Å². The molecule has 0 unspecified atom stereocenters. The molecular formula is C19H30BNO4.